The molecule has 2 aromatic carbocycles. The molecule has 3 nitrogen and oxygen atoms in total. The van der Waals surface area contributed by atoms with Crippen molar-refractivity contribution in [2.24, 2.45) is 0 Å². The monoisotopic (exact) mass is 635 g/mol. The molecular weight excluding hydrogens is 580 g/mol. The Morgan fingerprint density at radius 2 is 1.10 bits per heavy atom. The van der Waals surface area contributed by atoms with Crippen LogP contribution in [0, 0.1) is 0 Å². The number of halogens is 2. The van der Waals surface area contributed by atoms with Crippen LogP contribution < -0.4 is 15.1 Å². The summed E-state index contributed by atoms with van der Waals surface area (Å²) in [5.41, 5.74) is 10.7. The number of nitrogens with one attached hydrogen (secondary N) is 2. The SMILES string of the molecule is CC(C)c1cc(C(C)C)c(NCCN(C)CNc2c(C(C)C)cc(C(C)C)[c]([Co]([Cl])[Cl])c2C(C)C)c(C(C)C)c1. The summed E-state index contributed by atoms with van der Waals surface area (Å²) in [5, 5.41) is 7.67. The van der Waals surface area contributed by atoms with Crippen LogP contribution in [0.3, 0.4) is 0 Å². The first-order valence-electron chi connectivity index (χ1n) is 15.1. The van der Waals surface area contributed by atoms with Crippen LogP contribution in [0.1, 0.15) is 152 Å². The second kappa shape index (κ2) is 15.5. The van der Waals surface area contributed by atoms with Gasteiger partial charge in [0.05, 0.1) is 0 Å². The van der Waals surface area contributed by atoms with Crippen LogP contribution in [-0.4, -0.2) is 31.7 Å². The molecule has 0 amide bonds. The van der Waals surface area contributed by atoms with Gasteiger partial charge in [-0.1, -0.05) is 41.5 Å². The van der Waals surface area contributed by atoms with Crippen LogP contribution in [-0.2, 0) is 11.9 Å². The van der Waals surface area contributed by atoms with Gasteiger partial charge in [-0.15, -0.1) is 0 Å². The minimum Gasteiger partial charge on any atom is -0.0586 e. The number of hydrogen-bond acceptors (Lipinski definition) is 3. The van der Waals surface area contributed by atoms with E-state index in [1.807, 2.05) is 0 Å². The Balaban J connectivity index is 2.30. The van der Waals surface area contributed by atoms with Gasteiger partial charge < -0.3 is 0 Å². The van der Waals surface area contributed by atoms with Crippen LogP contribution in [0.25, 0.3) is 0 Å². The molecule has 0 spiro atoms. The number of benzene rings is 2. The third-order valence-electron chi connectivity index (χ3n) is 7.73. The van der Waals surface area contributed by atoms with E-state index in [0.29, 0.717) is 35.5 Å². The number of hydrogen-bond donors (Lipinski definition) is 2. The zero-order valence-electron chi connectivity index (χ0n) is 27.4. The topological polar surface area (TPSA) is 27.3 Å². The second-order valence-electron chi connectivity index (χ2n) is 13.2. The minimum absolute atomic E-state index is 0.320. The smallest absolute Gasteiger partial charge is 0.0586 e. The predicted molar refractivity (Wildman–Crippen MR) is 178 cm³/mol. The molecule has 0 atom stereocenters. The van der Waals surface area contributed by atoms with E-state index >= 15 is 0 Å². The van der Waals surface area contributed by atoms with Gasteiger partial charge in [-0.05, 0) is 11.5 Å². The summed E-state index contributed by atoms with van der Waals surface area (Å²) in [4.78, 5) is 2.36. The predicted octanol–water partition coefficient (Wildman–Crippen LogP) is 10.4. The van der Waals surface area contributed by atoms with Gasteiger partial charge >= 0.3 is 208 Å². The van der Waals surface area contributed by atoms with Crippen molar-refractivity contribution in [2.45, 2.75) is 119 Å². The molecule has 2 N–H and O–H groups in total. The summed E-state index contributed by atoms with van der Waals surface area (Å²) in [6.45, 7) is 29.9. The fraction of sp³-hybridized carbons (Fsp3) is 0.647. The van der Waals surface area contributed by atoms with Crippen molar-refractivity contribution >= 4 is 36.2 Å². The maximum absolute atomic E-state index is 6.67. The Bertz CT molecular complexity index is 1080. The summed E-state index contributed by atoms with van der Waals surface area (Å²) in [5.74, 6) is 2.55. The van der Waals surface area contributed by atoms with E-state index in [4.69, 9.17) is 20.3 Å². The summed E-state index contributed by atoms with van der Waals surface area (Å²) < 4.78 is 1.14. The fourth-order valence-electron chi connectivity index (χ4n) is 5.27. The average molecular weight is 637 g/mol. The molecule has 0 aliphatic carbocycles. The number of nitrogens with zero attached hydrogens (tertiary/aromatic N) is 1. The molecule has 0 aliphatic heterocycles. The van der Waals surface area contributed by atoms with Crippen LogP contribution in [0.5, 0.6) is 0 Å². The molecule has 0 radical (unpaired) electrons. The van der Waals surface area contributed by atoms with Crippen LogP contribution in [0.2, 0.25) is 0 Å². The minimum atomic E-state index is -1.23. The first-order chi connectivity index (χ1) is 18.6. The molecule has 2 aromatic rings. The number of rotatable bonds is 14. The van der Waals surface area contributed by atoms with Gasteiger partial charge in [0.15, 0.2) is 0 Å². The van der Waals surface area contributed by atoms with Gasteiger partial charge in [0.2, 0.25) is 0 Å². The third kappa shape index (κ3) is 8.80. The molecule has 0 aliphatic rings. The summed E-state index contributed by atoms with van der Waals surface area (Å²) in [7, 11) is 15.5. The molecule has 0 saturated carbocycles. The summed E-state index contributed by atoms with van der Waals surface area (Å²) >= 11 is -1.23. The number of anilines is 2. The van der Waals surface area contributed by atoms with Crippen molar-refractivity contribution in [1.29, 1.82) is 0 Å². The van der Waals surface area contributed by atoms with E-state index in [9.17, 15) is 0 Å². The maximum atomic E-state index is 6.67. The van der Waals surface area contributed by atoms with E-state index in [2.05, 4.69) is 124 Å². The van der Waals surface area contributed by atoms with Crippen molar-refractivity contribution in [3.63, 3.8) is 0 Å². The zero-order chi connectivity index (χ0) is 30.5. The zero-order valence-corrected chi connectivity index (χ0v) is 29.9. The Morgan fingerprint density at radius 3 is 1.50 bits per heavy atom. The molecule has 6 heteroatoms. The average Bonchev–Trinajstić information content (AvgIpc) is 2.85. The van der Waals surface area contributed by atoms with E-state index in [1.165, 1.54) is 44.8 Å². The van der Waals surface area contributed by atoms with Crippen molar-refractivity contribution in [1.82, 2.24) is 4.90 Å². The Kier molecular flexibility index (Phi) is 13.7. The second-order valence-corrected chi connectivity index (χ2v) is 16.8. The fourth-order valence-corrected chi connectivity index (χ4v) is 7.67. The van der Waals surface area contributed by atoms with Crippen LogP contribution in [0.15, 0.2) is 18.2 Å². The Hall–Kier alpha value is -0.914. The Labute approximate surface area is 259 Å². The molecule has 0 aromatic heterocycles. The van der Waals surface area contributed by atoms with Gasteiger partial charge in [0, 0.05) is 0 Å². The first kappa shape index (κ1) is 35.3. The summed E-state index contributed by atoms with van der Waals surface area (Å²) in [6, 6.07) is 7.18. The first-order valence-corrected chi connectivity index (χ1v) is 18.5. The molecule has 230 valence electrons. The van der Waals surface area contributed by atoms with Crippen molar-refractivity contribution in [3.05, 3.63) is 51.6 Å². The van der Waals surface area contributed by atoms with Gasteiger partial charge in [-0.3, -0.25) is 0 Å². The van der Waals surface area contributed by atoms with E-state index < -0.39 is 11.9 Å². The Morgan fingerprint density at radius 1 is 0.625 bits per heavy atom. The quantitative estimate of drug-likeness (QED) is 0.202. The van der Waals surface area contributed by atoms with Gasteiger partial charge in [-0.2, -0.15) is 0 Å². The van der Waals surface area contributed by atoms with Gasteiger partial charge in [0.25, 0.3) is 0 Å². The van der Waals surface area contributed by atoms with E-state index in [0.717, 1.165) is 24.3 Å². The molecule has 40 heavy (non-hydrogen) atoms. The molecule has 0 unspecified atom stereocenters. The van der Waals surface area contributed by atoms with Gasteiger partial charge in [-0.25, -0.2) is 0 Å². The molecule has 0 heterocycles. The molecule has 2 rings (SSSR count). The van der Waals surface area contributed by atoms with Crippen molar-refractivity contribution < 1.29 is 11.9 Å². The van der Waals surface area contributed by atoms with E-state index in [-0.39, 0.29) is 0 Å². The molecule has 0 saturated heterocycles. The number of likely N-dealkylation sites (N-methyl/N-ethyl adjacent to an activating group) is 1. The van der Waals surface area contributed by atoms with Crippen molar-refractivity contribution in [2.75, 3.05) is 37.4 Å². The van der Waals surface area contributed by atoms with Gasteiger partial charge in [0.1, 0.15) is 0 Å². The normalized spacial score (nSPS) is 12.7. The third-order valence-corrected chi connectivity index (χ3v) is 9.75. The van der Waals surface area contributed by atoms with Crippen LogP contribution >= 0.6 is 20.3 Å². The molecule has 0 bridgehead atoms. The summed E-state index contributed by atoms with van der Waals surface area (Å²) in [6.07, 6.45) is 0. The van der Waals surface area contributed by atoms with Crippen LogP contribution in [0.4, 0.5) is 11.4 Å². The van der Waals surface area contributed by atoms with E-state index in [1.54, 1.807) is 0 Å². The standard InChI is InChI=1S/C34H56N3.2ClH.Co/c1-21(2)27-16-29(23(5)6)33(30(17-27)24(7)8)35-14-15-37(13)20-36-34-31(25(9)10)18-28(22(3)4)19-32(34)26(11)12;;;/h16-18,21-26,35-36H,14-15,20H2,1-13H3;2*1H;/q;;;+2/p-2. The van der Waals surface area contributed by atoms with Crippen molar-refractivity contribution in [3.8, 4) is 0 Å². The molecule has 0 fully saturated rings. The molecular formula is C34H56Cl2CoN3.